The van der Waals surface area contributed by atoms with Gasteiger partial charge < -0.3 is 15.7 Å². The Kier molecular flexibility index (Phi) is 7.23. The number of hydrogen-bond donors (Lipinski definition) is 3. The number of carbonyl (C=O) groups is 1. The van der Waals surface area contributed by atoms with Crippen molar-refractivity contribution in [2.75, 3.05) is 13.2 Å². The maximum Gasteiger partial charge on any atom is 0.315 e. The summed E-state index contributed by atoms with van der Waals surface area (Å²) in [7, 11) is 0. The van der Waals surface area contributed by atoms with E-state index in [1.807, 2.05) is 32.0 Å². The molecule has 0 saturated heterocycles. The van der Waals surface area contributed by atoms with E-state index in [0.717, 1.165) is 24.8 Å². The van der Waals surface area contributed by atoms with Gasteiger partial charge in [-0.1, -0.05) is 45.0 Å². The van der Waals surface area contributed by atoms with Gasteiger partial charge in [0.2, 0.25) is 0 Å². The van der Waals surface area contributed by atoms with Gasteiger partial charge in [0.25, 0.3) is 0 Å². The minimum atomic E-state index is -0.136. The number of nitrogens with one attached hydrogen (secondary N) is 2. The first-order valence-electron chi connectivity index (χ1n) is 7.68. The molecule has 21 heavy (non-hydrogen) atoms. The van der Waals surface area contributed by atoms with Crippen molar-refractivity contribution in [1.82, 2.24) is 10.6 Å². The topological polar surface area (TPSA) is 61.4 Å². The second-order valence-electron chi connectivity index (χ2n) is 6.16. The van der Waals surface area contributed by atoms with Crippen LogP contribution in [-0.4, -0.2) is 24.3 Å². The summed E-state index contributed by atoms with van der Waals surface area (Å²) in [6.45, 7) is 7.51. The summed E-state index contributed by atoms with van der Waals surface area (Å²) in [4.78, 5) is 11.7. The maximum absolute atomic E-state index is 11.7. The zero-order valence-electron chi connectivity index (χ0n) is 13.4. The minimum Gasteiger partial charge on any atom is -0.396 e. The van der Waals surface area contributed by atoms with Crippen molar-refractivity contribution < 1.29 is 9.90 Å². The number of amides is 2. The molecule has 0 fully saturated rings. The predicted molar refractivity (Wildman–Crippen MR) is 86.2 cm³/mol. The van der Waals surface area contributed by atoms with Gasteiger partial charge in [-0.05, 0) is 35.8 Å². The van der Waals surface area contributed by atoms with Gasteiger partial charge >= 0.3 is 6.03 Å². The van der Waals surface area contributed by atoms with Crippen molar-refractivity contribution in [1.29, 1.82) is 0 Å². The lowest BCUT2D eigenvalue weighted by molar-refractivity contribution is 0.148. The van der Waals surface area contributed by atoms with Crippen molar-refractivity contribution in [2.24, 2.45) is 5.41 Å². The van der Waals surface area contributed by atoms with Crippen LogP contribution in [0.15, 0.2) is 24.3 Å². The summed E-state index contributed by atoms with van der Waals surface area (Å²) >= 11 is 0. The van der Waals surface area contributed by atoms with Gasteiger partial charge in [-0.3, -0.25) is 0 Å². The van der Waals surface area contributed by atoms with Crippen LogP contribution in [0.4, 0.5) is 4.79 Å². The largest absolute Gasteiger partial charge is 0.396 e. The van der Waals surface area contributed by atoms with Crippen LogP contribution in [0.1, 0.15) is 44.7 Å². The van der Waals surface area contributed by atoms with Crippen LogP contribution in [0.3, 0.4) is 0 Å². The lowest BCUT2D eigenvalue weighted by atomic mass is 9.89. The highest BCUT2D eigenvalue weighted by Crippen LogP contribution is 2.20. The molecule has 0 aliphatic carbocycles. The van der Waals surface area contributed by atoms with Crippen molar-refractivity contribution in [3.8, 4) is 0 Å². The second-order valence-corrected chi connectivity index (χ2v) is 6.16. The van der Waals surface area contributed by atoms with E-state index in [2.05, 4.69) is 23.6 Å². The molecular weight excluding hydrogens is 264 g/mol. The first kappa shape index (κ1) is 17.5. The highest BCUT2D eigenvalue weighted by atomic mass is 16.3. The van der Waals surface area contributed by atoms with Gasteiger partial charge in [-0.25, -0.2) is 4.79 Å². The second kappa shape index (κ2) is 8.67. The highest BCUT2D eigenvalue weighted by molar-refractivity contribution is 5.73. The Morgan fingerprint density at radius 2 is 1.86 bits per heavy atom. The average Bonchev–Trinajstić information content (AvgIpc) is 2.49. The molecular formula is C17H28N2O2. The van der Waals surface area contributed by atoms with Crippen LogP contribution in [0, 0.1) is 5.41 Å². The molecule has 0 unspecified atom stereocenters. The Hall–Kier alpha value is -1.55. The van der Waals surface area contributed by atoms with E-state index in [0.29, 0.717) is 13.1 Å². The minimum absolute atomic E-state index is 0.0712. The van der Waals surface area contributed by atoms with Gasteiger partial charge in [0.05, 0.1) is 0 Å². The monoisotopic (exact) mass is 292 g/mol. The van der Waals surface area contributed by atoms with Crippen LogP contribution in [0.5, 0.6) is 0 Å². The molecule has 0 radical (unpaired) electrons. The van der Waals surface area contributed by atoms with E-state index >= 15 is 0 Å². The molecule has 1 aromatic carbocycles. The Morgan fingerprint density at radius 3 is 2.48 bits per heavy atom. The Labute approximate surface area is 128 Å². The van der Waals surface area contributed by atoms with E-state index in [9.17, 15) is 4.79 Å². The van der Waals surface area contributed by atoms with Gasteiger partial charge in [-0.15, -0.1) is 0 Å². The fourth-order valence-electron chi connectivity index (χ4n) is 2.16. The molecule has 0 heterocycles. The lowest BCUT2D eigenvalue weighted by Gasteiger charge is -2.21. The first-order chi connectivity index (χ1) is 9.98. The van der Waals surface area contributed by atoms with Gasteiger partial charge in [0, 0.05) is 19.7 Å². The molecule has 1 rings (SSSR count). The van der Waals surface area contributed by atoms with E-state index < -0.39 is 0 Å². The molecule has 4 heteroatoms. The van der Waals surface area contributed by atoms with Crippen molar-refractivity contribution in [3.05, 3.63) is 35.4 Å². The fourth-order valence-corrected chi connectivity index (χ4v) is 2.16. The molecule has 0 atom stereocenters. The number of aliphatic hydroxyl groups excluding tert-OH is 1. The molecule has 118 valence electrons. The van der Waals surface area contributed by atoms with E-state index in [4.69, 9.17) is 5.11 Å². The van der Waals surface area contributed by atoms with Gasteiger partial charge in [-0.2, -0.15) is 0 Å². The number of urea groups is 1. The Bertz CT molecular complexity index is 444. The zero-order chi connectivity index (χ0) is 15.7. The number of aliphatic hydroxyl groups is 1. The van der Waals surface area contributed by atoms with Gasteiger partial charge in [0.15, 0.2) is 0 Å². The summed E-state index contributed by atoms with van der Waals surface area (Å²) in [6.07, 6.45) is 2.73. The smallest absolute Gasteiger partial charge is 0.315 e. The molecule has 0 spiro atoms. The maximum atomic E-state index is 11.7. The van der Waals surface area contributed by atoms with Crippen molar-refractivity contribution >= 4 is 6.03 Å². The average molecular weight is 292 g/mol. The fraction of sp³-hybridized carbons (Fsp3) is 0.588. The first-order valence-corrected chi connectivity index (χ1v) is 7.68. The summed E-state index contributed by atoms with van der Waals surface area (Å²) in [5, 5.41) is 14.9. The lowest BCUT2D eigenvalue weighted by Crippen LogP contribution is -2.36. The molecule has 3 N–H and O–H groups in total. The van der Waals surface area contributed by atoms with Crippen molar-refractivity contribution in [2.45, 2.75) is 46.6 Å². The molecule has 0 saturated carbocycles. The molecule has 0 bridgehead atoms. The van der Waals surface area contributed by atoms with Crippen LogP contribution in [-0.2, 0) is 13.0 Å². The van der Waals surface area contributed by atoms with E-state index in [1.165, 1.54) is 5.56 Å². The van der Waals surface area contributed by atoms with Gasteiger partial charge in [0.1, 0.15) is 0 Å². The third-order valence-electron chi connectivity index (χ3n) is 3.68. The molecule has 0 aliphatic rings. The Morgan fingerprint density at radius 1 is 1.19 bits per heavy atom. The van der Waals surface area contributed by atoms with Crippen molar-refractivity contribution in [3.63, 3.8) is 0 Å². The Balaban J connectivity index is 2.25. The normalized spacial score (nSPS) is 11.2. The molecule has 4 nitrogen and oxygen atoms in total. The quantitative estimate of drug-likeness (QED) is 0.645. The van der Waals surface area contributed by atoms with E-state index in [-0.39, 0.29) is 18.1 Å². The van der Waals surface area contributed by atoms with Crippen LogP contribution >= 0.6 is 0 Å². The standard InChI is InChI=1S/C17H28N2O2/c1-4-14-8-5-6-9-15(14)12-19-16(21)18-11-7-10-17(2,3)13-20/h5-6,8-9,20H,4,7,10-13H2,1-3H3,(H2,18,19,21). The SMILES string of the molecule is CCc1ccccc1CNC(=O)NCCCC(C)(C)CO. The molecule has 1 aromatic rings. The predicted octanol–water partition coefficient (Wildman–Crippen LogP) is 2.85. The van der Waals surface area contributed by atoms with E-state index in [1.54, 1.807) is 0 Å². The summed E-state index contributed by atoms with van der Waals surface area (Å²) in [5.41, 5.74) is 2.36. The number of benzene rings is 1. The highest BCUT2D eigenvalue weighted by Gasteiger charge is 2.15. The third-order valence-corrected chi connectivity index (χ3v) is 3.68. The number of aryl methyl sites for hydroxylation is 1. The zero-order valence-corrected chi connectivity index (χ0v) is 13.4. The molecule has 0 aliphatic heterocycles. The van der Waals surface area contributed by atoms with Crippen LogP contribution in [0.2, 0.25) is 0 Å². The van der Waals surface area contributed by atoms with Crippen LogP contribution in [0.25, 0.3) is 0 Å². The molecule has 0 aromatic heterocycles. The number of hydrogen-bond acceptors (Lipinski definition) is 2. The van der Waals surface area contributed by atoms with Crippen LogP contribution < -0.4 is 10.6 Å². The summed E-state index contributed by atoms with van der Waals surface area (Å²) in [6, 6.07) is 8.01. The molecule has 2 amide bonds. The summed E-state index contributed by atoms with van der Waals surface area (Å²) in [5.74, 6) is 0. The summed E-state index contributed by atoms with van der Waals surface area (Å²) < 4.78 is 0. The third kappa shape index (κ3) is 6.63. The number of carbonyl (C=O) groups excluding carboxylic acids is 1. The number of rotatable bonds is 8.